The zero-order chi connectivity index (χ0) is 21.8. The molecule has 0 unspecified atom stereocenters. The van der Waals surface area contributed by atoms with Crippen molar-refractivity contribution >= 4 is 17.6 Å². The molecule has 1 saturated carbocycles. The third kappa shape index (κ3) is 5.13. The Morgan fingerprint density at radius 2 is 1.94 bits per heavy atom. The molecule has 0 atom stereocenters. The molecule has 164 valence electrons. The van der Waals surface area contributed by atoms with Gasteiger partial charge in [0.25, 0.3) is 0 Å². The van der Waals surface area contributed by atoms with E-state index in [9.17, 15) is 9.59 Å². The van der Waals surface area contributed by atoms with Gasteiger partial charge < -0.3 is 19.4 Å². The van der Waals surface area contributed by atoms with Crippen LogP contribution in [0.25, 0.3) is 11.3 Å². The molecule has 0 radical (unpaired) electrons. The van der Waals surface area contributed by atoms with Gasteiger partial charge in [-0.2, -0.15) is 0 Å². The van der Waals surface area contributed by atoms with Crippen LogP contribution in [0.3, 0.4) is 0 Å². The van der Waals surface area contributed by atoms with E-state index < -0.39 is 0 Å². The van der Waals surface area contributed by atoms with E-state index in [0.29, 0.717) is 19.6 Å². The number of nitrogens with zero attached hydrogens (tertiary/aromatic N) is 5. The smallest absolute Gasteiger partial charge is 0.242 e. The molecule has 8 nitrogen and oxygen atoms in total. The van der Waals surface area contributed by atoms with Crippen molar-refractivity contribution in [3.05, 3.63) is 36.4 Å². The number of amides is 2. The van der Waals surface area contributed by atoms with Crippen molar-refractivity contribution in [3.8, 4) is 17.0 Å². The first-order valence-corrected chi connectivity index (χ1v) is 10.8. The van der Waals surface area contributed by atoms with Crippen molar-refractivity contribution in [2.45, 2.75) is 32.2 Å². The Morgan fingerprint density at radius 3 is 2.61 bits per heavy atom. The van der Waals surface area contributed by atoms with Crippen LogP contribution in [-0.2, 0) is 9.59 Å². The van der Waals surface area contributed by atoms with Crippen molar-refractivity contribution in [1.82, 2.24) is 20.0 Å². The van der Waals surface area contributed by atoms with Crippen molar-refractivity contribution < 1.29 is 14.3 Å². The van der Waals surface area contributed by atoms with Gasteiger partial charge in [0, 0.05) is 44.7 Å². The minimum atomic E-state index is -0.0151. The van der Waals surface area contributed by atoms with Crippen LogP contribution >= 0.6 is 0 Å². The fourth-order valence-electron chi connectivity index (χ4n) is 3.96. The lowest BCUT2D eigenvalue weighted by Crippen LogP contribution is -2.44. The van der Waals surface area contributed by atoms with Crippen molar-refractivity contribution in [2.24, 2.45) is 0 Å². The molecule has 2 amide bonds. The molecule has 8 heteroatoms. The van der Waals surface area contributed by atoms with Crippen molar-refractivity contribution in [1.29, 1.82) is 0 Å². The zero-order valence-corrected chi connectivity index (χ0v) is 18.2. The fourth-order valence-corrected chi connectivity index (χ4v) is 3.96. The molecular formula is C23H29N5O3. The highest BCUT2D eigenvalue weighted by Crippen LogP contribution is 2.27. The number of rotatable bonds is 6. The Hall–Kier alpha value is -3.16. The number of methoxy groups -OCH3 is 1. The predicted molar refractivity (Wildman–Crippen MR) is 118 cm³/mol. The zero-order valence-electron chi connectivity index (χ0n) is 18.2. The molecule has 4 rings (SSSR count). The number of aromatic nitrogens is 2. The molecule has 1 saturated heterocycles. The molecule has 2 heterocycles. The van der Waals surface area contributed by atoms with E-state index in [4.69, 9.17) is 4.74 Å². The summed E-state index contributed by atoms with van der Waals surface area (Å²) >= 11 is 0. The molecule has 0 bridgehead atoms. The van der Waals surface area contributed by atoms with Crippen LogP contribution in [0.5, 0.6) is 5.75 Å². The van der Waals surface area contributed by atoms with Crippen molar-refractivity contribution in [3.63, 3.8) is 0 Å². The van der Waals surface area contributed by atoms with Crippen LogP contribution in [0.1, 0.15) is 26.2 Å². The summed E-state index contributed by atoms with van der Waals surface area (Å²) < 4.78 is 5.28. The topological polar surface area (TPSA) is 78.9 Å². The molecule has 31 heavy (non-hydrogen) atoms. The highest BCUT2D eigenvalue weighted by molar-refractivity contribution is 5.84. The van der Waals surface area contributed by atoms with Gasteiger partial charge in [-0.15, -0.1) is 10.2 Å². The Bertz CT molecular complexity index is 929. The van der Waals surface area contributed by atoms with Crippen LogP contribution < -0.4 is 9.64 Å². The summed E-state index contributed by atoms with van der Waals surface area (Å²) in [6.45, 7) is 4.56. The van der Waals surface area contributed by atoms with E-state index in [1.54, 1.807) is 18.9 Å². The monoisotopic (exact) mass is 423 g/mol. The van der Waals surface area contributed by atoms with Crippen molar-refractivity contribution in [2.75, 3.05) is 44.7 Å². The first kappa shape index (κ1) is 21.1. The van der Waals surface area contributed by atoms with E-state index in [0.717, 1.165) is 48.6 Å². The Kier molecular flexibility index (Phi) is 6.34. The first-order valence-electron chi connectivity index (χ1n) is 10.8. The van der Waals surface area contributed by atoms with Gasteiger partial charge >= 0.3 is 0 Å². The average molecular weight is 424 g/mol. The van der Waals surface area contributed by atoms with E-state index >= 15 is 0 Å². The minimum Gasteiger partial charge on any atom is -0.497 e. The fraction of sp³-hybridized carbons (Fsp3) is 0.478. The molecule has 1 aromatic heterocycles. The van der Waals surface area contributed by atoms with E-state index in [1.807, 2.05) is 41.3 Å². The first-order chi connectivity index (χ1) is 15.0. The lowest BCUT2D eigenvalue weighted by atomic mass is 10.1. The lowest BCUT2D eigenvalue weighted by Gasteiger charge is -2.26. The number of hydrogen-bond acceptors (Lipinski definition) is 6. The van der Waals surface area contributed by atoms with Crippen LogP contribution in [0.2, 0.25) is 0 Å². The molecule has 2 aliphatic rings. The Morgan fingerprint density at radius 1 is 1.10 bits per heavy atom. The molecule has 2 fully saturated rings. The van der Waals surface area contributed by atoms with Gasteiger partial charge in [-0.1, -0.05) is 12.1 Å². The lowest BCUT2D eigenvalue weighted by molar-refractivity contribution is -0.139. The van der Waals surface area contributed by atoms with Crippen LogP contribution in [0.15, 0.2) is 36.4 Å². The second kappa shape index (κ2) is 9.32. The van der Waals surface area contributed by atoms with Gasteiger partial charge in [0.05, 0.1) is 19.3 Å². The van der Waals surface area contributed by atoms with E-state index in [2.05, 4.69) is 15.1 Å². The van der Waals surface area contributed by atoms with Crippen LogP contribution in [-0.4, -0.2) is 77.7 Å². The number of hydrogen-bond donors (Lipinski definition) is 0. The molecule has 0 N–H and O–H groups in total. The summed E-state index contributed by atoms with van der Waals surface area (Å²) in [5, 5.41) is 8.83. The van der Waals surface area contributed by atoms with Gasteiger partial charge in [-0.3, -0.25) is 9.59 Å². The van der Waals surface area contributed by atoms with Gasteiger partial charge in [-0.05, 0) is 43.5 Å². The van der Waals surface area contributed by atoms with Gasteiger partial charge in [-0.25, -0.2) is 0 Å². The number of ether oxygens (including phenoxy) is 1. The average Bonchev–Trinajstić information content (AvgIpc) is 3.64. The van der Waals surface area contributed by atoms with Gasteiger partial charge in [0.15, 0.2) is 5.82 Å². The largest absolute Gasteiger partial charge is 0.497 e. The molecule has 1 aliphatic carbocycles. The van der Waals surface area contributed by atoms with Crippen LogP contribution in [0.4, 0.5) is 5.82 Å². The summed E-state index contributed by atoms with van der Waals surface area (Å²) in [4.78, 5) is 30.4. The SMILES string of the molecule is COc1cccc(-c2ccc(N3CCCN(C(=O)CN(C(C)=O)C4CC4)CC3)nn2)c1. The predicted octanol–water partition coefficient (Wildman–Crippen LogP) is 2.20. The summed E-state index contributed by atoms with van der Waals surface area (Å²) in [5.41, 5.74) is 1.75. The summed E-state index contributed by atoms with van der Waals surface area (Å²) in [7, 11) is 1.64. The number of benzene rings is 1. The van der Waals surface area contributed by atoms with E-state index in [1.165, 1.54) is 0 Å². The van der Waals surface area contributed by atoms with Crippen LogP contribution in [0, 0.1) is 0 Å². The molecular weight excluding hydrogens is 394 g/mol. The number of carbonyl (C=O) groups is 2. The maximum Gasteiger partial charge on any atom is 0.242 e. The van der Waals surface area contributed by atoms with E-state index in [-0.39, 0.29) is 24.4 Å². The summed E-state index contributed by atoms with van der Waals surface area (Å²) in [5.74, 6) is 1.61. The maximum atomic E-state index is 12.8. The number of carbonyl (C=O) groups excluding carboxylic acids is 2. The standard InChI is InChI=1S/C23H29N5O3/c1-17(29)28(19-7-8-19)16-23(30)27-12-4-11-26(13-14-27)22-10-9-21(24-25-22)18-5-3-6-20(15-18)31-2/h3,5-6,9-10,15,19H,4,7-8,11-14,16H2,1-2H3. The normalized spacial score (nSPS) is 16.6. The highest BCUT2D eigenvalue weighted by Gasteiger charge is 2.33. The third-order valence-corrected chi connectivity index (χ3v) is 5.89. The molecule has 2 aromatic rings. The minimum absolute atomic E-state index is 0.0151. The molecule has 1 aromatic carbocycles. The second-order valence-electron chi connectivity index (χ2n) is 8.11. The Labute approximate surface area is 182 Å². The summed E-state index contributed by atoms with van der Waals surface area (Å²) in [6.07, 6.45) is 2.87. The second-order valence-corrected chi connectivity index (χ2v) is 8.11. The number of anilines is 1. The third-order valence-electron chi connectivity index (χ3n) is 5.89. The highest BCUT2D eigenvalue weighted by atomic mass is 16.5. The Balaban J connectivity index is 1.37. The quantitative estimate of drug-likeness (QED) is 0.709. The molecule has 0 spiro atoms. The molecule has 1 aliphatic heterocycles. The summed E-state index contributed by atoms with van der Waals surface area (Å²) in [6, 6.07) is 11.9. The maximum absolute atomic E-state index is 12.8. The van der Waals surface area contributed by atoms with Gasteiger partial charge in [0.2, 0.25) is 11.8 Å². The van der Waals surface area contributed by atoms with Gasteiger partial charge in [0.1, 0.15) is 5.75 Å².